The van der Waals surface area contributed by atoms with E-state index in [1.54, 1.807) is 18.2 Å². The molecular weight excluding hydrogens is 252 g/mol. The van der Waals surface area contributed by atoms with Crippen molar-refractivity contribution in [2.45, 2.75) is 38.7 Å². The molecule has 0 bridgehead atoms. The molecule has 2 unspecified atom stereocenters. The summed E-state index contributed by atoms with van der Waals surface area (Å²) in [6.45, 7) is 2.15. The lowest BCUT2D eigenvalue weighted by molar-refractivity contribution is 0.0673. The Morgan fingerprint density at radius 2 is 2.11 bits per heavy atom. The molecule has 0 saturated heterocycles. The maximum absolute atomic E-state index is 11.2. The summed E-state index contributed by atoms with van der Waals surface area (Å²) in [5, 5.41) is 9.40. The molecule has 2 rings (SSSR count). The Balaban J connectivity index is 2.23. The number of carboxylic acids is 1. The predicted octanol–water partition coefficient (Wildman–Crippen LogP) is 4.00. The molecule has 1 aromatic carbocycles. The van der Waals surface area contributed by atoms with Gasteiger partial charge in [-0.3, -0.25) is 0 Å². The Hall–Kier alpha value is -1.22. The molecule has 0 amide bonds. The minimum atomic E-state index is -1.04. The first-order chi connectivity index (χ1) is 8.59. The minimum absolute atomic E-state index is 0.0666. The van der Waals surface area contributed by atoms with Crippen LogP contribution >= 0.6 is 11.6 Å². The SMILES string of the molecule is CC1CCCCC1Oc1cccc(Cl)c1C(=O)O. The monoisotopic (exact) mass is 268 g/mol. The number of hydrogen-bond donors (Lipinski definition) is 1. The average molecular weight is 269 g/mol. The van der Waals surface area contributed by atoms with Crippen molar-refractivity contribution in [3.63, 3.8) is 0 Å². The number of halogens is 1. The first-order valence-electron chi connectivity index (χ1n) is 6.28. The summed E-state index contributed by atoms with van der Waals surface area (Å²) in [6, 6.07) is 4.97. The van der Waals surface area contributed by atoms with Gasteiger partial charge in [0.1, 0.15) is 17.4 Å². The standard InChI is InChI=1S/C14H17ClO3/c1-9-5-2-3-7-11(9)18-12-8-4-6-10(15)13(12)14(16)17/h4,6,8-9,11H,2-3,5,7H2,1H3,(H,16,17). The van der Waals surface area contributed by atoms with Crippen molar-refractivity contribution in [1.29, 1.82) is 0 Å². The van der Waals surface area contributed by atoms with E-state index in [1.165, 1.54) is 6.42 Å². The Morgan fingerprint density at radius 3 is 2.78 bits per heavy atom. The van der Waals surface area contributed by atoms with Crippen LogP contribution in [0, 0.1) is 5.92 Å². The van der Waals surface area contributed by atoms with Gasteiger partial charge in [0.25, 0.3) is 0 Å². The third-order valence-corrected chi connectivity index (χ3v) is 3.82. The molecule has 1 fully saturated rings. The van der Waals surface area contributed by atoms with Crippen molar-refractivity contribution in [2.75, 3.05) is 0 Å². The number of carboxylic acid groups (broad SMARTS) is 1. The number of aromatic carboxylic acids is 1. The van der Waals surface area contributed by atoms with Crippen molar-refractivity contribution in [3.8, 4) is 5.75 Å². The van der Waals surface area contributed by atoms with Gasteiger partial charge < -0.3 is 9.84 Å². The molecule has 0 radical (unpaired) electrons. The van der Waals surface area contributed by atoms with Crippen LogP contribution in [0.3, 0.4) is 0 Å². The Bertz CT molecular complexity index is 445. The van der Waals surface area contributed by atoms with Crippen LogP contribution in [0.4, 0.5) is 0 Å². The second kappa shape index (κ2) is 5.61. The number of rotatable bonds is 3. The molecule has 1 aliphatic rings. The van der Waals surface area contributed by atoms with Gasteiger partial charge in [-0.1, -0.05) is 31.0 Å². The van der Waals surface area contributed by atoms with Gasteiger partial charge in [0, 0.05) is 0 Å². The topological polar surface area (TPSA) is 46.5 Å². The van der Waals surface area contributed by atoms with Crippen LogP contribution in [0.1, 0.15) is 43.0 Å². The fourth-order valence-corrected chi connectivity index (χ4v) is 2.68. The fourth-order valence-electron chi connectivity index (χ4n) is 2.43. The third kappa shape index (κ3) is 2.78. The lowest BCUT2D eigenvalue weighted by atomic mass is 9.88. The summed E-state index contributed by atoms with van der Waals surface area (Å²) in [6.07, 6.45) is 4.57. The van der Waals surface area contributed by atoms with Gasteiger partial charge in [0.2, 0.25) is 0 Å². The van der Waals surface area contributed by atoms with E-state index in [2.05, 4.69) is 6.92 Å². The van der Waals surface area contributed by atoms with E-state index in [4.69, 9.17) is 16.3 Å². The van der Waals surface area contributed by atoms with E-state index in [1.807, 2.05) is 0 Å². The molecular formula is C14H17ClO3. The highest BCUT2D eigenvalue weighted by Gasteiger charge is 2.25. The Labute approximate surface area is 112 Å². The molecule has 1 aromatic rings. The van der Waals surface area contributed by atoms with E-state index in [9.17, 15) is 9.90 Å². The maximum atomic E-state index is 11.2. The number of benzene rings is 1. The quantitative estimate of drug-likeness (QED) is 0.901. The Kier molecular flexibility index (Phi) is 4.12. The maximum Gasteiger partial charge on any atom is 0.341 e. The van der Waals surface area contributed by atoms with Gasteiger partial charge >= 0.3 is 5.97 Å². The zero-order chi connectivity index (χ0) is 13.1. The average Bonchev–Trinajstić information content (AvgIpc) is 2.31. The van der Waals surface area contributed by atoms with Crippen molar-refractivity contribution in [3.05, 3.63) is 28.8 Å². The van der Waals surface area contributed by atoms with Crippen molar-refractivity contribution in [2.24, 2.45) is 5.92 Å². The van der Waals surface area contributed by atoms with E-state index in [-0.39, 0.29) is 16.7 Å². The molecule has 0 aromatic heterocycles. The molecule has 0 spiro atoms. The van der Waals surface area contributed by atoms with Crippen molar-refractivity contribution < 1.29 is 14.6 Å². The third-order valence-electron chi connectivity index (χ3n) is 3.50. The van der Waals surface area contributed by atoms with Crippen molar-refractivity contribution >= 4 is 17.6 Å². The molecule has 1 saturated carbocycles. The van der Waals surface area contributed by atoms with E-state index in [0.717, 1.165) is 19.3 Å². The van der Waals surface area contributed by atoms with Crippen LogP contribution in [0.2, 0.25) is 5.02 Å². The number of carbonyl (C=O) groups is 1. The van der Waals surface area contributed by atoms with Crippen LogP contribution in [-0.4, -0.2) is 17.2 Å². The highest BCUT2D eigenvalue weighted by molar-refractivity contribution is 6.33. The van der Waals surface area contributed by atoms with Crippen LogP contribution in [0.25, 0.3) is 0 Å². The predicted molar refractivity (Wildman–Crippen MR) is 70.5 cm³/mol. The minimum Gasteiger partial charge on any atom is -0.489 e. The smallest absolute Gasteiger partial charge is 0.341 e. The van der Waals surface area contributed by atoms with E-state index < -0.39 is 5.97 Å². The van der Waals surface area contributed by atoms with Crippen molar-refractivity contribution in [1.82, 2.24) is 0 Å². The molecule has 2 atom stereocenters. The second-order valence-electron chi connectivity index (χ2n) is 4.84. The zero-order valence-electron chi connectivity index (χ0n) is 10.4. The highest BCUT2D eigenvalue weighted by atomic mass is 35.5. The van der Waals surface area contributed by atoms with Gasteiger partial charge in [-0.25, -0.2) is 4.79 Å². The molecule has 3 nitrogen and oxygen atoms in total. The van der Waals surface area contributed by atoms with Crippen LogP contribution in [0.5, 0.6) is 5.75 Å². The Morgan fingerprint density at radius 1 is 1.39 bits per heavy atom. The van der Waals surface area contributed by atoms with Crippen LogP contribution in [-0.2, 0) is 0 Å². The van der Waals surface area contributed by atoms with Gasteiger partial charge in [-0.15, -0.1) is 0 Å². The molecule has 18 heavy (non-hydrogen) atoms. The first-order valence-corrected chi connectivity index (χ1v) is 6.66. The number of ether oxygens (including phenoxy) is 1. The summed E-state index contributed by atoms with van der Waals surface area (Å²) < 4.78 is 5.88. The van der Waals surface area contributed by atoms with Gasteiger partial charge in [0.15, 0.2) is 0 Å². The lowest BCUT2D eigenvalue weighted by Crippen LogP contribution is -2.28. The summed E-state index contributed by atoms with van der Waals surface area (Å²) in [4.78, 5) is 11.2. The second-order valence-corrected chi connectivity index (χ2v) is 5.24. The van der Waals surface area contributed by atoms with E-state index in [0.29, 0.717) is 11.7 Å². The fraction of sp³-hybridized carbons (Fsp3) is 0.500. The molecule has 1 N–H and O–H groups in total. The highest BCUT2D eigenvalue weighted by Crippen LogP contribution is 2.32. The van der Waals surface area contributed by atoms with Crippen LogP contribution < -0.4 is 4.74 Å². The molecule has 98 valence electrons. The first kappa shape index (κ1) is 13.2. The van der Waals surface area contributed by atoms with Gasteiger partial charge in [-0.2, -0.15) is 0 Å². The molecule has 4 heteroatoms. The summed E-state index contributed by atoms with van der Waals surface area (Å²) in [7, 11) is 0. The summed E-state index contributed by atoms with van der Waals surface area (Å²) in [5.74, 6) is -0.202. The normalized spacial score (nSPS) is 23.7. The summed E-state index contributed by atoms with van der Waals surface area (Å²) >= 11 is 5.92. The lowest BCUT2D eigenvalue weighted by Gasteiger charge is -2.29. The molecule has 0 aliphatic heterocycles. The molecule has 0 heterocycles. The largest absolute Gasteiger partial charge is 0.489 e. The number of hydrogen-bond acceptors (Lipinski definition) is 2. The van der Waals surface area contributed by atoms with Crippen LogP contribution in [0.15, 0.2) is 18.2 Å². The van der Waals surface area contributed by atoms with E-state index >= 15 is 0 Å². The van der Waals surface area contributed by atoms with Gasteiger partial charge in [-0.05, 0) is 37.3 Å². The van der Waals surface area contributed by atoms with Gasteiger partial charge in [0.05, 0.1) is 5.02 Å². The summed E-state index contributed by atoms with van der Waals surface area (Å²) in [5.41, 5.74) is 0.0666. The molecule has 1 aliphatic carbocycles. The zero-order valence-corrected chi connectivity index (χ0v) is 11.1.